The average molecular weight is 435 g/mol. The summed E-state index contributed by atoms with van der Waals surface area (Å²) in [5.74, 6) is 0.465. The van der Waals surface area contributed by atoms with Crippen molar-refractivity contribution in [1.82, 2.24) is 10.6 Å². The van der Waals surface area contributed by atoms with Gasteiger partial charge in [0, 0.05) is 5.56 Å². The lowest BCUT2D eigenvalue weighted by Gasteiger charge is -2.19. The number of amides is 1. The Bertz CT molecular complexity index is 753. The third kappa shape index (κ3) is 5.81. The summed E-state index contributed by atoms with van der Waals surface area (Å²) in [4.78, 5) is 12.4. The van der Waals surface area contributed by atoms with Gasteiger partial charge in [-0.15, -0.1) is 0 Å². The number of carbonyl (C=O) groups excluding carboxylic acids is 1. The van der Waals surface area contributed by atoms with Crippen LogP contribution in [0, 0.1) is 0 Å². The van der Waals surface area contributed by atoms with Gasteiger partial charge in [-0.05, 0) is 64.8 Å². The van der Waals surface area contributed by atoms with E-state index in [1.54, 1.807) is 18.2 Å². The van der Waals surface area contributed by atoms with Crippen LogP contribution in [0.15, 0.2) is 53.0 Å². The Balaban J connectivity index is 1.98. The summed E-state index contributed by atoms with van der Waals surface area (Å²) in [6.07, 6.45) is 1.78. The topological polar surface area (TPSA) is 50.4 Å². The molecule has 1 atom stereocenters. The van der Waals surface area contributed by atoms with Crippen LogP contribution in [0.25, 0.3) is 0 Å². The lowest BCUT2D eigenvalue weighted by Crippen LogP contribution is -2.40. The maximum Gasteiger partial charge on any atom is 0.257 e. The zero-order valence-corrected chi connectivity index (χ0v) is 17.3. The Hall–Kier alpha value is -1.92. The van der Waals surface area contributed by atoms with Crippen molar-refractivity contribution < 1.29 is 9.53 Å². The summed E-state index contributed by atoms with van der Waals surface area (Å²) in [6, 6.07) is 15.3. The van der Waals surface area contributed by atoms with E-state index >= 15 is 0 Å². The SMILES string of the molecule is CCCOc1ccc(C(=O)NC(=S)NC(CC)c2ccccc2)cc1Br. The highest BCUT2D eigenvalue weighted by Crippen LogP contribution is 2.26. The molecule has 0 aliphatic carbocycles. The van der Waals surface area contributed by atoms with Crippen molar-refractivity contribution in [3.05, 3.63) is 64.1 Å². The highest BCUT2D eigenvalue weighted by Gasteiger charge is 2.14. The second-order valence-corrected chi connectivity index (χ2v) is 7.06. The number of thiocarbonyl (C=S) groups is 1. The minimum absolute atomic E-state index is 0.0561. The van der Waals surface area contributed by atoms with E-state index in [1.165, 1.54) is 0 Å². The predicted octanol–water partition coefficient (Wildman–Crippen LogP) is 4.99. The second kappa shape index (κ2) is 10.3. The van der Waals surface area contributed by atoms with E-state index in [4.69, 9.17) is 17.0 Å². The van der Waals surface area contributed by atoms with Gasteiger partial charge in [-0.3, -0.25) is 10.1 Å². The molecule has 0 fully saturated rings. The van der Waals surface area contributed by atoms with E-state index in [0.29, 0.717) is 17.3 Å². The predicted molar refractivity (Wildman–Crippen MR) is 113 cm³/mol. The molecule has 2 aromatic carbocycles. The third-order valence-corrected chi connectivity index (χ3v) is 4.64. The Morgan fingerprint density at radius 2 is 1.92 bits per heavy atom. The van der Waals surface area contributed by atoms with E-state index in [2.05, 4.69) is 33.5 Å². The van der Waals surface area contributed by atoms with E-state index in [9.17, 15) is 4.79 Å². The summed E-state index contributed by atoms with van der Waals surface area (Å²) < 4.78 is 6.34. The lowest BCUT2D eigenvalue weighted by molar-refractivity contribution is 0.0976. The molecule has 0 bridgehead atoms. The highest BCUT2D eigenvalue weighted by atomic mass is 79.9. The Labute approximate surface area is 168 Å². The van der Waals surface area contributed by atoms with Crippen LogP contribution in [-0.4, -0.2) is 17.6 Å². The molecule has 0 aliphatic rings. The molecule has 1 amide bonds. The summed E-state index contributed by atoms with van der Waals surface area (Å²) in [7, 11) is 0. The third-order valence-electron chi connectivity index (χ3n) is 3.80. The molecule has 2 N–H and O–H groups in total. The normalized spacial score (nSPS) is 11.5. The van der Waals surface area contributed by atoms with E-state index in [0.717, 1.165) is 28.6 Å². The Morgan fingerprint density at radius 3 is 2.54 bits per heavy atom. The van der Waals surface area contributed by atoms with Crippen molar-refractivity contribution in [1.29, 1.82) is 0 Å². The van der Waals surface area contributed by atoms with Crippen molar-refractivity contribution in [2.45, 2.75) is 32.7 Å². The zero-order valence-electron chi connectivity index (χ0n) is 14.9. The monoisotopic (exact) mass is 434 g/mol. The molecule has 0 saturated heterocycles. The van der Waals surface area contributed by atoms with Crippen LogP contribution in [-0.2, 0) is 0 Å². The molecule has 0 saturated carbocycles. The van der Waals surface area contributed by atoms with Crippen LogP contribution in [0.3, 0.4) is 0 Å². The van der Waals surface area contributed by atoms with Crippen LogP contribution >= 0.6 is 28.1 Å². The number of hydrogen-bond acceptors (Lipinski definition) is 3. The molecule has 0 radical (unpaired) electrons. The molecule has 0 spiro atoms. The zero-order chi connectivity index (χ0) is 18.9. The average Bonchev–Trinajstić information content (AvgIpc) is 2.65. The molecule has 6 heteroatoms. The molecule has 0 aliphatic heterocycles. The smallest absolute Gasteiger partial charge is 0.257 e. The van der Waals surface area contributed by atoms with Crippen LogP contribution in [0.2, 0.25) is 0 Å². The number of carbonyl (C=O) groups is 1. The maximum absolute atomic E-state index is 12.4. The van der Waals surface area contributed by atoms with Gasteiger partial charge in [-0.25, -0.2) is 0 Å². The molecule has 26 heavy (non-hydrogen) atoms. The van der Waals surface area contributed by atoms with E-state index in [-0.39, 0.29) is 11.9 Å². The van der Waals surface area contributed by atoms with Crippen molar-refractivity contribution in [2.75, 3.05) is 6.61 Å². The van der Waals surface area contributed by atoms with E-state index < -0.39 is 0 Å². The fraction of sp³-hybridized carbons (Fsp3) is 0.300. The molecule has 4 nitrogen and oxygen atoms in total. The molecule has 2 aromatic rings. The second-order valence-electron chi connectivity index (χ2n) is 5.79. The fourth-order valence-electron chi connectivity index (χ4n) is 2.45. The first-order valence-corrected chi connectivity index (χ1v) is 9.84. The van der Waals surface area contributed by atoms with Crippen molar-refractivity contribution in [2.24, 2.45) is 0 Å². The van der Waals surface area contributed by atoms with Crippen LogP contribution < -0.4 is 15.4 Å². The van der Waals surface area contributed by atoms with Gasteiger partial charge in [0.05, 0.1) is 17.1 Å². The largest absolute Gasteiger partial charge is 0.492 e. The van der Waals surface area contributed by atoms with Gasteiger partial charge in [0.2, 0.25) is 0 Å². The van der Waals surface area contributed by atoms with Crippen molar-refractivity contribution >= 4 is 39.2 Å². The first kappa shape index (κ1) is 20.4. The number of halogens is 1. The van der Waals surface area contributed by atoms with Gasteiger partial charge in [0.1, 0.15) is 5.75 Å². The molecule has 138 valence electrons. The quantitative estimate of drug-likeness (QED) is 0.602. The van der Waals surface area contributed by atoms with Gasteiger partial charge in [-0.2, -0.15) is 0 Å². The molecular weight excluding hydrogens is 412 g/mol. The first-order valence-electron chi connectivity index (χ1n) is 8.64. The fourth-order valence-corrected chi connectivity index (χ4v) is 3.18. The number of hydrogen-bond donors (Lipinski definition) is 2. The van der Waals surface area contributed by atoms with Gasteiger partial charge in [0.15, 0.2) is 5.11 Å². The minimum atomic E-state index is -0.256. The van der Waals surface area contributed by atoms with Crippen molar-refractivity contribution in [3.8, 4) is 5.75 Å². The number of rotatable bonds is 7. The van der Waals surface area contributed by atoms with Gasteiger partial charge in [0.25, 0.3) is 5.91 Å². The van der Waals surface area contributed by atoms with Crippen LogP contribution in [0.5, 0.6) is 5.75 Å². The summed E-state index contributed by atoms with van der Waals surface area (Å²) in [5.41, 5.74) is 1.64. The highest BCUT2D eigenvalue weighted by molar-refractivity contribution is 9.10. The maximum atomic E-state index is 12.4. The number of benzene rings is 2. The van der Waals surface area contributed by atoms with E-state index in [1.807, 2.05) is 37.3 Å². The summed E-state index contributed by atoms with van der Waals surface area (Å²) in [6.45, 7) is 4.75. The Morgan fingerprint density at radius 1 is 1.19 bits per heavy atom. The van der Waals surface area contributed by atoms with Gasteiger partial charge >= 0.3 is 0 Å². The molecule has 1 unspecified atom stereocenters. The first-order chi connectivity index (χ1) is 12.5. The van der Waals surface area contributed by atoms with Gasteiger partial charge < -0.3 is 10.1 Å². The molecule has 2 rings (SSSR count). The van der Waals surface area contributed by atoms with Gasteiger partial charge in [-0.1, -0.05) is 44.2 Å². The summed E-state index contributed by atoms with van der Waals surface area (Å²) in [5, 5.41) is 6.25. The Kier molecular flexibility index (Phi) is 8.06. The summed E-state index contributed by atoms with van der Waals surface area (Å²) >= 11 is 8.75. The molecular formula is C20H23BrN2O2S. The number of ether oxygens (including phenoxy) is 1. The van der Waals surface area contributed by atoms with Crippen molar-refractivity contribution in [3.63, 3.8) is 0 Å². The molecule has 0 aromatic heterocycles. The lowest BCUT2D eigenvalue weighted by atomic mass is 10.1. The number of nitrogens with one attached hydrogen (secondary N) is 2. The minimum Gasteiger partial charge on any atom is -0.492 e. The van der Waals surface area contributed by atoms with Crippen LogP contribution in [0.1, 0.15) is 48.7 Å². The van der Waals surface area contributed by atoms with Crippen LogP contribution in [0.4, 0.5) is 0 Å². The standard InChI is InChI=1S/C20H23BrN2O2S/c1-3-12-25-18-11-10-15(13-16(18)21)19(24)23-20(26)22-17(4-2)14-8-6-5-7-9-14/h5-11,13,17H,3-4,12H2,1-2H3,(H2,22,23,24,26). The molecule has 0 heterocycles.